The van der Waals surface area contributed by atoms with E-state index in [4.69, 9.17) is 9.52 Å². The van der Waals surface area contributed by atoms with Gasteiger partial charge in [0.25, 0.3) is 15.9 Å². The Morgan fingerprint density at radius 3 is 2.46 bits per heavy atom. The summed E-state index contributed by atoms with van der Waals surface area (Å²) in [5, 5.41) is 8.44. The maximum absolute atomic E-state index is 12.7. The molecule has 0 aliphatic heterocycles. The first-order chi connectivity index (χ1) is 12.3. The van der Waals surface area contributed by atoms with Gasteiger partial charge in [0.1, 0.15) is 0 Å². The van der Waals surface area contributed by atoms with Crippen molar-refractivity contribution in [3.63, 3.8) is 0 Å². The Morgan fingerprint density at radius 1 is 1.15 bits per heavy atom. The summed E-state index contributed by atoms with van der Waals surface area (Å²) in [4.78, 5) is 24.9. The molecule has 1 amide bonds. The smallest absolute Gasteiger partial charge is 0.303 e. The van der Waals surface area contributed by atoms with Crippen molar-refractivity contribution < 1.29 is 27.5 Å². The van der Waals surface area contributed by atoms with Crippen LogP contribution in [0.2, 0.25) is 0 Å². The molecule has 0 atom stereocenters. The van der Waals surface area contributed by atoms with Crippen LogP contribution >= 0.6 is 0 Å². The minimum Gasteiger partial charge on any atom is -0.481 e. The lowest BCUT2D eigenvalue weighted by Crippen LogP contribution is -2.31. The van der Waals surface area contributed by atoms with Gasteiger partial charge < -0.3 is 14.4 Å². The number of sulfonamides is 1. The zero-order valence-electron chi connectivity index (χ0n) is 14.2. The first-order valence-electron chi connectivity index (χ1n) is 7.92. The van der Waals surface area contributed by atoms with Crippen molar-refractivity contribution in [2.75, 3.05) is 13.6 Å². The molecule has 0 aliphatic rings. The number of carbonyl (C=O) groups is 2. The molecule has 9 heteroatoms. The molecule has 0 radical (unpaired) electrons. The van der Waals surface area contributed by atoms with E-state index in [-0.39, 0.29) is 36.8 Å². The van der Waals surface area contributed by atoms with E-state index < -0.39 is 21.9 Å². The van der Waals surface area contributed by atoms with Crippen LogP contribution in [0, 0.1) is 0 Å². The van der Waals surface area contributed by atoms with E-state index in [0.29, 0.717) is 0 Å². The zero-order chi connectivity index (χ0) is 19.2. The number of nitrogens with one attached hydrogen (secondary N) is 1. The van der Waals surface area contributed by atoms with Gasteiger partial charge >= 0.3 is 5.97 Å². The van der Waals surface area contributed by atoms with E-state index in [2.05, 4.69) is 4.72 Å². The van der Waals surface area contributed by atoms with Gasteiger partial charge in [0.05, 0.1) is 0 Å². The summed E-state index contributed by atoms with van der Waals surface area (Å²) >= 11 is 0. The van der Waals surface area contributed by atoms with Crippen LogP contribution in [0.1, 0.15) is 29.0 Å². The van der Waals surface area contributed by atoms with Crippen molar-refractivity contribution in [3.05, 3.63) is 53.8 Å². The van der Waals surface area contributed by atoms with Crippen LogP contribution in [0.5, 0.6) is 0 Å². The van der Waals surface area contributed by atoms with Crippen molar-refractivity contribution in [2.45, 2.75) is 24.5 Å². The van der Waals surface area contributed by atoms with E-state index in [1.54, 1.807) is 0 Å². The van der Waals surface area contributed by atoms with E-state index in [1.807, 2.05) is 30.3 Å². The van der Waals surface area contributed by atoms with Crippen molar-refractivity contribution in [1.82, 2.24) is 9.62 Å². The fourth-order valence-corrected chi connectivity index (χ4v) is 2.96. The summed E-state index contributed by atoms with van der Waals surface area (Å²) < 4.78 is 30.8. The number of nitrogens with zero attached hydrogens (tertiary/aromatic N) is 1. The Balaban J connectivity index is 2.20. The molecular formula is C17H20N2O6S. The predicted octanol–water partition coefficient (Wildman–Crippen LogP) is 1.69. The fourth-order valence-electron chi connectivity index (χ4n) is 2.31. The highest BCUT2D eigenvalue weighted by Gasteiger charge is 2.23. The average Bonchev–Trinajstić information content (AvgIpc) is 3.12. The van der Waals surface area contributed by atoms with Crippen LogP contribution in [0.15, 0.2) is 52.0 Å². The van der Waals surface area contributed by atoms with Gasteiger partial charge in [-0.05, 0) is 31.2 Å². The molecule has 140 valence electrons. The van der Waals surface area contributed by atoms with Crippen LogP contribution in [0.25, 0.3) is 0 Å². The monoisotopic (exact) mass is 380 g/mol. The maximum atomic E-state index is 12.7. The summed E-state index contributed by atoms with van der Waals surface area (Å²) in [6.45, 7) is 0.461. The molecule has 2 N–H and O–H groups in total. The molecule has 0 aliphatic carbocycles. The Bertz CT molecular complexity index is 860. The Labute approximate surface area is 151 Å². The number of carboxylic acid groups (broad SMARTS) is 1. The highest BCUT2D eigenvalue weighted by Crippen LogP contribution is 2.17. The molecule has 1 aromatic carbocycles. The second-order valence-corrected chi connectivity index (χ2v) is 7.35. The summed E-state index contributed by atoms with van der Waals surface area (Å²) in [6.07, 6.45) is 0.201. The lowest BCUT2D eigenvalue weighted by Gasteiger charge is -2.21. The van der Waals surface area contributed by atoms with Gasteiger partial charge in [-0.1, -0.05) is 30.3 Å². The number of carbonyl (C=O) groups excluding carboxylic acids is 1. The molecule has 0 saturated heterocycles. The minimum absolute atomic E-state index is 0.0733. The highest BCUT2D eigenvalue weighted by molar-refractivity contribution is 7.89. The van der Waals surface area contributed by atoms with E-state index in [9.17, 15) is 18.0 Å². The van der Waals surface area contributed by atoms with Crippen molar-refractivity contribution in [1.29, 1.82) is 0 Å². The normalized spacial score (nSPS) is 11.3. The number of amides is 1. The van der Waals surface area contributed by atoms with E-state index >= 15 is 0 Å². The minimum atomic E-state index is -3.79. The largest absolute Gasteiger partial charge is 0.481 e. The van der Waals surface area contributed by atoms with Crippen LogP contribution in [-0.2, 0) is 21.4 Å². The van der Waals surface area contributed by atoms with Crippen LogP contribution in [0.4, 0.5) is 0 Å². The summed E-state index contributed by atoms with van der Waals surface area (Å²) in [5.41, 5.74) is 0.866. The maximum Gasteiger partial charge on any atom is 0.303 e. The lowest BCUT2D eigenvalue weighted by molar-refractivity contribution is -0.137. The third-order valence-corrected chi connectivity index (χ3v) is 4.93. The molecule has 1 aromatic heterocycles. The lowest BCUT2D eigenvalue weighted by atomic mass is 10.2. The third kappa shape index (κ3) is 5.17. The van der Waals surface area contributed by atoms with Gasteiger partial charge in [0.2, 0.25) is 5.09 Å². The van der Waals surface area contributed by atoms with Gasteiger partial charge in [-0.25, -0.2) is 13.1 Å². The van der Waals surface area contributed by atoms with Crippen molar-refractivity contribution >= 4 is 21.9 Å². The van der Waals surface area contributed by atoms with Gasteiger partial charge in [-0.2, -0.15) is 0 Å². The quantitative estimate of drug-likeness (QED) is 0.684. The van der Waals surface area contributed by atoms with Crippen LogP contribution in [-0.4, -0.2) is 43.9 Å². The molecule has 0 saturated carbocycles. The highest BCUT2D eigenvalue weighted by atomic mass is 32.2. The Hall–Kier alpha value is -2.65. The standard InChI is InChI=1S/C17H20N2O6S/c1-18-26(23,24)16-10-9-14(25-16)17(22)19(11-5-8-15(20)21)12-13-6-3-2-4-7-13/h2-4,6-7,9-10,18H,5,8,11-12H2,1H3,(H,20,21). The topological polar surface area (TPSA) is 117 Å². The van der Waals surface area contributed by atoms with Gasteiger partial charge in [-0.3, -0.25) is 9.59 Å². The Morgan fingerprint density at radius 2 is 1.85 bits per heavy atom. The number of hydrogen-bond acceptors (Lipinski definition) is 5. The van der Waals surface area contributed by atoms with E-state index in [0.717, 1.165) is 5.56 Å². The number of furan rings is 1. The molecule has 0 fully saturated rings. The molecule has 26 heavy (non-hydrogen) atoms. The molecule has 0 spiro atoms. The number of carboxylic acids is 1. The first kappa shape index (κ1) is 19.7. The molecule has 0 bridgehead atoms. The average molecular weight is 380 g/mol. The SMILES string of the molecule is CNS(=O)(=O)c1ccc(C(=O)N(CCCC(=O)O)Cc2ccccc2)o1. The Kier molecular flexibility index (Phi) is 6.53. The fraction of sp³-hybridized carbons (Fsp3) is 0.294. The predicted molar refractivity (Wildman–Crippen MR) is 93.0 cm³/mol. The zero-order valence-corrected chi connectivity index (χ0v) is 15.0. The molecule has 2 rings (SSSR count). The molecule has 2 aromatic rings. The number of benzene rings is 1. The van der Waals surface area contributed by atoms with Gasteiger partial charge in [0, 0.05) is 19.5 Å². The molecular weight excluding hydrogens is 360 g/mol. The van der Waals surface area contributed by atoms with Crippen molar-refractivity contribution in [3.8, 4) is 0 Å². The van der Waals surface area contributed by atoms with Gasteiger partial charge in [-0.15, -0.1) is 0 Å². The van der Waals surface area contributed by atoms with Crippen LogP contribution in [0.3, 0.4) is 0 Å². The number of rotatable bonds is 9. The number of hydrogen-bond donors (Lipinski definition) is 2. The second kappa shape index (κ2) is 8.63. The molecule has 8 nitrogen and oxygen atoms in total. The van der Waals surface area contributed by atoms with Gasteiger partial charge in [0.15, 0.2) is 5.76 Å². The number of aliphatic carboxylic acids is 1. The van der Waals surface area contributed by atoms with Crippen molar-refractivity contribution in [2.24, 2.45) is 0 Å². The summed E-state index contributed by atoms with van der Waals surface area (Å²) in [7, 11) is -2.55. The van der Waals surface area contributed by atoms with E-state index in [1.165, 1.54) is 24.1 Å². The summed E-state index contributed by atoms with van der Waals surface area (Å²) in [6, 6.07) is 11.7. The second-order valence-electron chi connectivity index (χ2n) is 5.54. The third-order valence-electron chi connectivity index (χ3n) is 3.65. The first-order valence-corrected chi connectivity index (χ1v) is 9.40. The molecule has 1 heterocycles. The summed E-state index contributed by atoms with van der Waals surface area (Å²) in [5.74, 6) is -1.57. The molecule has 0 unspecified atom stereocenters. The van der Waals surface area contributed by atoms with Crippen LogP contribution < -0.4 is 4.72 Å².